The van der Waals surface area contributed by atoms with Gasteiger partial charge in [-0.2, -0.15) is 5.10 Å². The molecule has 4 nitrogen and oxygen atoms in total. The summed E-state index contributed by atoms with van der Waals surface area (Å²) < 4.78 is 5.59. The number of hydrazone groups is 1. The van der Waals surface area contributed by atoms with Crippen LogP contribution in [0.3, 0.4) is 0 Å². The molecule has 23 heavy (non-hydrogen) atoms. The molecular formula is C18H19ClN2O2. The highest BCUT2D eigenvalue weighted by Gasteiger charge is 2.07. The summed E-state index contributed by atoms with van der Waals surface area (Å²) in [5.74, 6) is 0.488. The number of halogens is 1. The summed E-state index contributed by atoms with van der Waals surface area (Å²) >= 11 is 5.96. The van der Waals surface area contributed by atoms with E-state index in [1.54, 1.807) is 30.5 Å². The van der Waals surface area contributed by atoms with Crippen LogP contribution in [0.15, 0.2) is 53.6 Å². The lowest BCUT2D eigenvalue weighted by Crippen LogP contribution is -2.17. The first-order valence-corrected chi connectivity index (χ1v) is 7.89. The Labute approximate surface area is 141 Å². The quantitative estimate of drug-likeness (QED) is 0.468. The average molecular weight is 331 g/mol. The molecule has 0 radical (unpaired) electrons. The lowest BCUT2D eigenvalue weighted by molar-refractivity contribution is 0.0955. The van der Waals surface area contributed by atoms with Crippen LogP contribution in [0.25, 0.3) is 0 Å². The fraction of sp³-hybridized carbons (Fsp3) is 0.222. The van der Waals surface area contributed by atoms with E-state index in [2.05, 4.69) is 17.5 Å². The molecular weight excluding hydrogens is 312 g/mol. The molecule has 0 saturated carbocycles. The molecule has 0 fully saturated rings. The third-order valence-electron chi connectivity index (χ3n) is 3.14. The zero-order valence-corrected chi connectivity index (χ0v) is 13.7. The number of carbonyl (C=O) groups is 1. The Bertz CT molecular complexity index is 669. The van der Waals surface area contributed by atoms with Gasteiger partial charge in [0.05, 0.1) is 23.4 Å². The topological polar surface area (TPSA) is 50.7 Å². The molecule has 120 valence electrons. The molecule has 0 unspecified atom stereocenters. The van der Waals surface area contributed by atoms with E-state index in [9.17, 15) is 4.79 Å². The molecule has 2 aromatic carbocycles. The van der Waals surface area contributed by atoms with Crippen molar-refractivity contribution >= 4 is 23.7 Å². The molecule has 1 N–H and O–H groups in total. The molecule has 1 amide bonds. The van der Waals surface area contributed by atoms with Crippen LogP contribution in [0.1, 0.15) is 35.7 Å². The maximum atomic E-state index is 11.9. The van der Waals surface area contributed by atoms with E-state index in [-0.39, 0.29) is 5.91 Å². The smallest absolute Gasteiger partial charge is 0.272 e. The molecule has 0 aliphatic rings. The summed E-state index contributed by atoms with van der Waals surface area (Å²) in [7, 11) is 0. The van der Waals surface area contributed by atoms with E-state index in [0.717, 1.165) is 30.8 Å². The van der Waals surface area contributed by atoms with Crippen LogP contribution in [-0.4, -0.2) is 18.7 Å². The van der Waals surface area contributed by atoms with Crippen molar-refractivity contribution in [2.24, 2.45) is 5.10 Å². The van der Waals surface area contributed by atoms with Gasteiger partial charge < -0.3 is 4.74 Å². The number of hydrogen-bond donors (Lipinski definition) is 1. The summed E-state index contributed by atoms with van der Waals surface area (Å²) in [5.41, 5.74) is 3.72. The number of nitrogens with zero attached hydrogens (tertiary/aromatic N) is 1. The Balaban J connectivity index is 1.88. The second kappa shape index (κ2) is 8.96. The normalized spacial score (nSPS) is 10.7. The number of hydrogen-bond acceptors (Lipinski definition) is 3. The van der Waals surface area contributed by atoms with Gasteiger partial charge in [-0.05, 0) is 48.4 Å². The number of amides is 1. The van der Waals surface area contributed by atoms with Crippen molar-refractivity contribution in [1.82, 2.24) is 5.43 Å². The Morgan fingerprint density at radius 2 is 1.96 bits per heavy atom. The van der Waals surface area contributed by atoms with E-state index in [4.69, 9.17) is 16.3 Å². The number of carbonyl (C=O) groups excluding carboxylic acids is 1. The first-order valence-electron chi connectivity index (χ1n) is 7.51. The second-order valence-electron chi connectivity index (χ2n) is 4.95. The van der Waals surface area contributed by atoms with E-state index in [1.165, 1.54) is 0 Å². The number of rotatable bonds is 7. The molecule has 0 aromatic heterocycles. The largest absolute Gasteiger partial charge is 0.494 e. The van der Waals surface area contributed by atoms with Gasteiger partial charge >= 0.3 is 0 Å². The lowest BCUT2D eigenvalue weighted by Gasteiger charge is -2.05. The summed E-state index contributed by atoms with van der Waals surface area (Å²) in [4.78, 5) is 11.9. The molecule has 0 spiro atoms. The van der Waals surface area contributed by atoms with Crippen LogP contribution >= 0.6 is 11.6 Å². The SMILES string of the molecule is CCCCOc1ccc(/C=N/NC(=O)c2ccccc2Cl)cc1. The summed E-state index contributed by atoms with van der Waals surface area (Å²) in [5, 5.41) is 4.34. The highest BCUT2D eigenvalue weighted by molar-refractivity contribution is 6.33. The minimum absolute atomic E-state index is 0.341. The van der Waals surface area contributed by atoms with Crippen molar-refractivity contribution in [2.75, 3.05) is 6.61 Å². The molecule has 0 aliphatic carbocycles. The predicted octanol–water partition coefficient (Wildman–Crippen LogP) is 4.28. The van der Waals surface area contributed by atoms with Crippen LogP contribution in [-0.2, 0) is 0 Å². The van der Waals surface area contributed by atoms with Crippen LogP contribution in [0, 0.1) is 0 Å². The van der Waals surface area contributed by atoms with Crippen molar-refractivity contribution in [3.63, 3.8) is 0 Å². The molecule has 0 heterocycles. The third kappa shape index (κ3) is 5.42. The Morgan fingerprint density at radius 1 is 1.22 bits per heavy atom. The summed E-state index contributed by atoms with van der Waals surface area (Å²) in [6, 6.07) is 14.4. The Hall–Kier alpha value is -2.33. The number of nitrogens with one attached hydrogen (secondary N) is 1. The average Bonchev–Trinajstić information content (AvgIpc) is 2.57. The number of benzene rings is 2. The second-order valence-corrected chi connectivity index (χ2v) is 5.36. The third-order valence-corrected chi connectivity index (χ3v) is 3.47. The van der Waals surface area contributed by atoms with Crippen molar-refractivity contribution in [1.29, 1.82) is 0 Å². The summed E-state index contributed by atoms with van der Waals surface area (Å²) in [6.45, 7) is 2.84. The van der Waals surface area contributed by atoms with E-state index < -0.39 is 0 Å². The molecule has 5 heteroatoms. The van der Waals surface area contributed by atoms with Crippen molar-refractivity contribution in [3.05, 3.63) is 64.7 Å². The zero-order valence-electron chi connectivity index (χ0n) is 13.0. The molecule has 2 rings (SSSR count). The first kappa shape index (κ1) is 17.0. The predicted molar refractivity (Wildman–Crippen MR) is 93.4 cm³/mol. The standard InChI is InChI=1S/C18H19ClN2O2/c1-2-3-12-23-15-10-8-14(9-11-15)13-20-21-18(22)16-6-4-5-7-17(16)19/h4-11,13H,2-3,12H2,1H3,(H,21,22)/b20-13+. The zero-order chi connectivity index (χ0) is 16.5. The van der Waals surface area contributed by atoms with Crippen LogP contribution in [0.2, 0.25) is 5.02 Å². The van der Waals surface area contributed by atoms with E-state index in [1.807, 2.05) is 24.3 Å². The Kier molecular flexibility index (Phi) is 6.63. The highest BCUT2D eigenvalue weighted by atomic mass is 35.5. The molecule has 2 aromatic rings. The van der Waals surface area contributed by atoms with E-state index >= 15 is 0 Å². The first-order chi connectivity index (χ1) is 11.2. The minimum atomic E-state index is -0.341. The van der Waals surface area contributed by atoms with Gasteiger partial charge in [-0.3, -0.25) is 4.79 Å². The summed E-state index contributed by atoms with van der Waals surface area (Å²) in [6.07, 6.45) is 3.72. The number of unbranched alkanes of at least 4 members (excludes halogenated alkanes) is 1. The molecule has 0 aliphatic heterocycles. The lowest BCUT2D eigenvalue weighted by atomic mass is 10.2. The van der Waals surface area contributed by atoms with Gasteiger partial charge in [0.15, 0.2) is 0 Å². The number of ether oxygens (including phenoxy) is 1. The molecule has 0 atom stereocenters. The van der Waals surface area contributed by atoms with Gasteiger partial charge in [0.1, 0.15) is 5.75 Å². The maximum Gasteiger partial charge on any atom is 0.272 e. The molecule has 0 bridgehead atoms. The fourth-order valence-corrected chi connectivity index (χ4v) is 2.08. The van der Waals surface area contributed by atoms with Gasteiger partial charge in [-0.25, -0.2) is 5.43 Å². The fourth-order valence-electron chi connectivity index (χ4n) is 1.86. The minimum Gasteiger partial charge on any atom is -0.494 e. The van der Waals surface area contributed by atoms with Gasteiger partial charge in [0.25, 0.3) is 5.91 Å². The van der Waals surface area contributed by atoms with Crippen LogP contribution < -0.4 is 10.2 Å². The van der Waals surface area contributed by atoms with Gasteiger partial charge in [0, 0.05) is 0 Å². The van der Waals surface area contributed by atoms with Gasteiger partial charge in [-0.15, -0.1) is 0 Å². The van der Waals surface area contributed by atoms with Gasteiger partial charge in [-0.1, -0.05) is 37.1 Å². The molecule has 0 saturated heterocycles. The van der Waals surface area contributed by atoms with Crippen molar-refractivity contribution in [3.8, 4) is 5.75 Å². The Morgan fingerprint density at radius 3 is 2.65 bits per heavy atom. The van der Waals surface area contributed by atoms with Crippen LogP contribution in [0.5, 0.6) is 5.75 Å². The van der Waals surface area contributed by atoms with Crippen molar-refractivity contribution < 1.29 is 9.53 Å². The van der Waals surface area contributed by atoms with Crippen LogP contribution in [0.4, 0.5) is 0 Å². The maximum absolute atomic E-state index is 11.9. The van der Waals surface area contributed by atoms with Crippen molar-refractivity contribution in [2.45, 2.75) is 19.8 Å². The monoisotopic (exact) mass is 330 g/mol. The van der Waals surface area contributed by atoms with E-state index in [0.29, 0.717) is 10.6 Å². The highest BCUT2D eigenvalue weighted by Crippen LogP contribution is 2.14. The van der Waals surface area contributed by atoms with Gasteiger partial charge in [0.2, 0.25) is 0 Å².